The third-order valence-corrected chi connectivity index (χ3v) is 8.14. The molecule has 2 aromatic carbocycles. The van der Waals surface area contributed by atoms with Crippen molar-refractivity contribution in [3.05, 3.63) is 81.2 Å². The molecular formula is C24H18Cl2F4N4O3S. The third-order valence-electron chi connectivity index (χ3n) is 6.14. The first kappa shape index (κ1) is 27.9. The number of alkyl halides is 3. The molecule has 7 nitrogen and oxygen atoms in total. The van der Waals surface area contributed by atoms with Crippen LogP contribution in [0.5, 0.6) is 0 Å². The van der Waals surface area contributed by atoms with Crippen LogP contribution in [0.1, 0.15) is 29.5 Å². The summed E-state index contributed by atoms with van der Waals surface area (Å²) in [7, 11) is -4.17. The standard InChI is InChI=1S/C24H18Cl2F4N4O3S/c25-19-3-1-15(10-18(19)24(28,29)30)23(35)5-7-34(8-6-23)22-14(12-31)9-16(13-32-22)33-38(36,37)17-2-4-21(27)20(26)11-17/h1-4,9-11,13,33,35H,5-8H2. The number of aromatic nitrogens is 1. The van der Waals surface area contributed by atoms with Crippen LogP contribution in [0.4, 0.5) is 29.1 Å². The Morgan fingerprint density at radius 2 is 1.76 bits per heavy atom. The van der Waals surface area contributed by atoms with Gasteiger partial charge in [0.1, 0.15) is 17.7 Å². The van der Waals surface area contributed by atoms with E-state index in [0.29, 0.717) is 0 Å². The molecule has 0 radical (unpaired) electrons. The second-order valence-corrected chi connectivity index (χ2v) is 11.1. The molecule has 200 valence electrons. The van der Waals surface area contributed by atoms with Crippen LogP contribution in [0.3, 0.4) is 0 Å². The number of benzene rings is 2. The fraction of sp³-hybridized carbons (Fsp3) is 0.250. The van der Waals surface area contributed by atoms with Crippen LogP contribution in [-0.2, 0) is 21.8 Å². The number of aliphatic hydroxyl groups is 1. The van der Waals surface area contributed by atoms with Gasteiger partial charge in [-0.05, 0) is 54.8 Å². The van der Waals surface area contributed by atoms with Crippen LogP contribution in [0.15, 0.2) is 53.6 Å². The first-order valence-corrected chi connectivity index (χ1v) is 13.2. The molecule has 1 aliphatic rings. The van der Waals surface area contributed by atoms with Crippen LogP contribution in [-0.4, -0.2) is 31.6 Å². The number of halogens is 6. The molecule has 14 heteroatoms. The highest BCUT2D eigenvalue weighted by Crippen LogP contribution is 2.40. The molecule has 1 aromatic heterocycles. The Balaban J connectivity index is 1.52. The van der Waals surface area contributed by atoms with Gasteiger partial charge in [-0.1, -0.05) is 29.3 Å². The molecule has 2 heterocycles. The molecule has 0 bridgehead atoms. The fourth-order valence-corrected chi connectivity index (χ4v) is 5.64. The van der Waals surface area contributed by atoms with Crippen molar-refractivity contribution < 1.29 is 31.1 Å². The second kappa shape index (κ2) is 10.2. The molecule has 2 N–H and O–H groups in total. The Morgan fingerprint density at radius 1 is 1.08 bits per heavy atom. The van der Waals surface area contributed by atoms with Crippen LogP contribution in [0, 0.1) is 17.1 Å². The summed E-state index contributed by atoms with van der Waals surface area (Å²) >= 11 is 11.4. The Labute approximate surface area is 225 Å². The molecule has 0 amide bonds. The smallest absolute Gasteiger partial charge is 0.385 e. The maximum atomic E-state index is 13.4. The summed E-state index contributed by atoms with van der Waals surface area (Å²) in [5, 5.41) is 19.9. The Bertz CT molecular complexity index is 1540. The quantitative estimate of drug-likeness (QED) is 0.370. The summed E-state index contributed by atoms with van der Waals surface area (Å²) in [6, 6.07) is 9.38. The Kier molecular flexibility index (Phi) is 7.51. The van der Waals surface area contributed by atoms with E-state index in [0.717, 1.165) is 30.3 Å². The van der Waals surface area contributed by atoms with Gasteiger partial charge < -0.3 is 10.0 Å². The number of nitriles is 1. The van der Waals surface area contributed by atoms with E-state index in [1.54, 1.807) is 4.90 Å². The molecular weight excluding hydrogens is 571 g/mol. The average Bonchev–Trinajstić information content (AvgIpc) is 2.85. The molecule has 4 rings (SSSR count). The van der Waals surface area contributed by atoms with E-state index in [-0.39, 0.29) is 58.5 Å². The highest BCUT2D eigenvalue weighted by atomic mass is 35.5. The second-order valence-electron chi connectivity index (χ2n) is 8.60. The average molecular weight is 589 g/mol. The van der Waals surface area contributed by atoms with E-state index in [2.05, 4.69) is 9.71 Å². The van der Waals surface area contributed by atoms with Gasteiger partial charge >= 0.3 is 6.18 Å². The van der Waals surface area contributed by atoms with Gasteiger partial charge in [-0.15, -0.1) is 0 Å². The van der Waals surface area contributed by atoms with Crippen LogP contribution >= 0.6 is 23.2 Å². The highest BCUT2D eigenvalue weighted by molar-refractivity contribution is 7.92. The maximum absolute atomic E-state index is 13.4. The van der Waals surface area contributed by atoms with E-state index in [1.165, 1.54) is 18.3 Å². The van der Waals surface area contributed by atoms with Crippen molar-refractivity contribution in [3.8, 4) is 6.07 Å². The van der Waals surface area contributed by atoms with E-state index >= 15 is 0 Å². The fourth-order valence-electron chi connectivity index (χ4n) is 4.11. The third kappa shape index (κ3) is 5.66. The zero-order valence-corrected chi connectivity index (χ0v) is 21.6. The van der Waals surface area contributed by atoms with Crippen molar-refractivity contribution in [1.29, 1.82) is 5.26 Å². The van der Waals surface area contributed by atoms with Crippen LogP contribution < -0.4 is 9.62 Å². The van der Waals surface area contributed by atoms with Crippen molar-refractivity contribution >= 4 is 44.7 Å². The number of nitrogens with zero attached hydrogens (tertiary/aromatic N) is 3. The van der Waals surface area contributed by atoms with Crippen molar-refractivity contribution in [2.24, 2.45) is 0 Å². The molecule has 0 saturated carbocycles. The maximum Gasteiger partial charge on any atom is 0.417 e. The van der Waals surface area contributed by atoms with Gasteiger partial charge in [0.15, 0.2) is 0 Å². The largest absolute Gasteiger partial charge is 0.417 e. The number of anilines is 2. The number of sulfonamides is 1. The number of pyridine rings is 1. The lowest BCUT2D eigenvalue weighted by Gasteiger charge is -2.39. The number of hydrogen-bond acceptors (Lipinski definition) is 6. The predicted octanol–water partition coefficient (Wildman–Crippen LogP) is 5.71. The first-order valence-electron chi connectivity index (χ1n) is 11.0. The Hall–Kier alpha value is -3.11. The van der Waals surface area contributed by atoms with Gasteiger partial charge in [0.25, 0.3) is 10.0 Å². The lowest BCUT2D eigenvalue weighted by atomic mass is 9.83. The summed E-state index contributed by atoms with van der Waals surface area (Å²) in [5.41, 5.74) is -2.52. The SMILES string of the molecule is N#Cc1cc(NS(=O)(=O)c2ccc(F)c(Cl)c2)cnc1N1CCC(O)(c2ccc(Cl)c(C(F)(F)F)c2)CC1. The van der Waals surface area contributed by atoms with Crippen molar-refractivity contribution in [3.63, 3.8) is 0 Å². The van der Waals surface area contributed by atoms with Gasteiger partial charge in [-0.2, -0.15) is 18.4 Å². The molecule has 0 unspecified atom stereocenters. The molecule has 0 aliphatic carbocycles. The molecule has 38 heavy (non-hydrogen) atoms. The number of hydrogen-bond donors (Lipinski definition) is 2. The van der Waals surface area contributed by atoms with E-state index in [4.69, 9.17) is 23.2 Å². The van der Waals surface area contributed by atoms with Gasteiger partial charge in [0.2, 0.25) is 0 Å². The van der Waals surface area contributed by atoms with Crippen molar-refractivity contribution in [1.82, 2.24) is 4.98 Å². The summed E-state index contributed by atoms with van der Waals surface area (Å²) in [5.74, 6) is -0.567. The summed E-state index contributed by atoms with van der Waals surface area (Å²) in [6.45, 7) is 0.308. The number of rotatable bonds is 5. The molecule has 0 atom stereocenters. The monoisotopic (exact) mass is 588 g/mol. The van der Waals surface area contributed by atoms with Gasteiger partial charge in [0.05, 0.1) is 43.6 Å². The van der Waals surface area contributed by atoms with E-state index in [9.17, 15) is 36.3 Å². The minimum absolute atomic E-state index is 0.0265. The molecule has 1 aliphatic heterocycles. The zero-order valence-electron chi connectivity index (χ0n) is 19.2. The van der Waals surface area contributed by atoms with E-state index < -0.39 is 38.2 Å². The minimum atomic E-state index is -4.68. The first-order chi connectivity index (χ1) is 17.7. The topological polar surface area (TPSA) is 106 Å². The van der Waals surface area contributed by atoms with Crippen molar-refractivity contribution in [2.75, 3.05) is 22.7 Å². The molecule has 1 saturated heterocycles. The predicted molar refractivity (Wildman–Crippen MR) is 133 cm³/mol. The van der Waals surface area contributed by atoms with Gasteiger partial charge in [-0.25, -0.2) is 17.8 Å². The molecule has 3 aromatic rings. The molecule has 1 fully saturated rings. The van der Waals surface area contributed by atoms with Crippen LogP contribution in [0.25, 0.3) is 0 Å². The van der Waals surface area contributed by atoms with E-state index in [1.807, 2.05) is 6.07 Å². The lowest BCUT2D eigenvalue weighted by molar-refractivity contribution is -0.137. The normalized spacial score (nSPS) is 15.7. The lowest BCUT2D eigenvalue weighted by Crippen LogP contribution is -2.43. The summed E-state index contributed by atoms with van der Waals surface area (Å²) in [4.78, 5) is 5.58. The number of piperidine rings is 1. The van der Waals surface area contributed by atoms with Gasteiger partial charge in [0, 0.05) is 13.1 Å². The Morgan fingerprint density at radius 3 is 2.37 bits per heavy atom. The summed E-state index contributed by atoms with van der Waals surface area (Å²) < 4.78 is 80.8. The summed E-state index contributed by atoms with van der Waals surface area (Å²) in [6.07, 6.45) is -3.41. The zero-order chi connectivity index (χ0) is 27.9. The highest BCUT2D eigenvalue weighted by Gasteiger charge is 2.39. The van der Waals surface area contributed by atoms with Crippen molar-refractivity contribution in [2.45, 2.75) is 29.5 Å². The van der Waals surface area contributed by atoms with Gasteiger partial charge in [-0.3, -0.25) is 4.72 Å². The van der Waals surface area contributed by atoms with Crippen LogP contribution in [0.2, 0.25) is 10.0 Å². The molecule has 0 spiro atoms. The number of nitrogens with one attached hydrogen (secondary N) is 1. The minimum Gasteiger partial charge on any atom is -0.385 e.